The quantitative estimate of drug-likeness (QED) is 0.395. The fourth-order valence-corrected chi connectivity index (χ4v) is 4.45. The van der Waals surface area contributed by atoms with Gasteiger partial charge in [-0.25, -0.2) is 4.68 Å². The van der Waals surface area contributed by atoms with Gasteiger partial charge in [-0.1, -0.05) is 11.3 Å². The number of anilines is 1. The van der Waals surface area contributed by atoms with Gasteiger partial charge >= 0.3 is 0 Å². The summed E-state index contributed by atoms with van der Waals surface area (Å²) >= 11 is 0. The summed E-state index contributed by atoms with van der Waals surface area (Å²) in [6.07, 6.45) is 1.82. The van der Waals surface area contributed by atoms with E-state index in [9.17, 15) is 24.0 Å². The van der Waals surface area contributed by atoms with Crippen LogP contribution in [0.3, 0.4) is 0 Å². The number of primary amides is 1. The molecule has 5 amide bonds. The molecule has 14 heteroatoms. The number of carbonyl (C=O) groups is 5. The van der Waals surface area contributed by atoms with E-state index in [0.717, 1.165) is 5.56 Å². The predicted octanol–water partition coefficient (Wildman–Crippen LogP) is -0.579. The number of fused-ring (bicyclic) bond motifs is 1. The number of carbonyl (C=O) groups excluding carboxylic acids is 5. The smallest absolute Gasteiger partial charge is 0.277 e. The van der Waals surface area contributed by atoms with Crippen LogP contribution in [0, 0.1) is 6.92 Å². The summed E-state index contributed by atoms with van der Waals surface area (Å²) in [6.45, 7) is 1.87. The molecule has 1 fully saturated rings. The molecule has 4 heterocycles. The van der Waals surface area contributed by atoms with E-state index in [0.29, 0.717) is 16.9 Å². The van der Waals surface area contributed by atoms with Gasteiger partial charge in [-0.3, -0.25) is 34.0 Å². The highest BCUT2D eigenvalue weighted by atomic mass is 16.2. The van der Waals surface area contributed by atoms with Crippen molar-refractivity contribution in [1.29, 1.82) is 0 Å². The lowest BCUT2D eigenvalue weighted by Crippen LogP contribution is -2.52. The summed E-state index contributed by atoms with van der Waals surface area (Å²) in [4.78, 5) is 62.7. The lowest BCUT2D eigenvalue weighted by molar-refractivity contribution is -0.136. The first-order valence-corrected chi connectivity index (χ1v) is 11.0. The van der Waals surface area contributed by atoms with Gasteiger partial charge in [0, 0.05) is 25.6 Å². The van der Waals surface area contributed by atoms with Crippen LogP contribution in [0.1, 0.15) is 55.4 Å². The van der Waals surface area contributed by atoms with Crippen molar-refractivity contribution in [2.45, 2.75) is 32.4 Å². The number of amides is 5. The van der Waals surface area contributed by atoms with Crippen molar-refractivity contribution in [3.05, 3.63) is 52.6 Å². The molecule has 5 rings (SSSR count). The maximum absolute atomic E-state index is 13.1. The van der Waals surface area contributed by atoms with Gasteiger partial charge in [0.05, 0.1) is 23.3 Å². The molecule has 2 aliphatic heterocycles. The topological polar surface area (TPSA) is 187 Å². The zero-order valence-corrected chi connectivity index (χ0v) is 19.3. The largest absolute Gasteiger partial charge is 0.364 e. The molecule has 4 N–H and O–H groups in total. The molecule has 0 radical (unpaired) electrons. The summed E-state index contributed by atoms with van der Waals surface area (Å²) < 4.78 is 2.62. The number of benzene rings is 1. The van der Waals surface area contributed by atoms with Gasteiger partial charge in [0.15, 0.2) is 5.69 Å². The zero-order valence-electron chi connectivity index (χ0n) is 19.3. The van der Waals surface area contributed by atoms with Crippen molar-refractivity contribution in [2.75, 3.05) is 5.32 Å². The van der Waals surface area contributed by atoms with Crippen molar-refractivity contribution in [3.63, 3.8) is 0 Å². The minimum atomic E-state index is -0.744. The third-order valence-corrected chi connectivity index (χ3v) is 6.20. The second-order valence-corrected chi connectivity index (χ2v) is 8.54. The first-order chi connectivity index (χ1) is 17.1. The van der Waals surface area contributed by atoms with E-state index in [4.69, 9.17) is 5.73 Å². The minimum Gasteiger partial charge on any atom is -0.364 e. The number of hydrogen-bond donors (Lipinski definition) is 3. The van der Waals surface area contributed by atoms with Crippen LogP contribution in [0.5, 0.6) is 0 Å². The third kappa shape index (κ3) is 3.77. The van der Waals surface area contributed by atoms with E-state index < -0.39 is 23.8 Å². The summed E-state index contributed by atoms with van der Waals surface area (Å²) in [5.41, 5.74) is 7.61. The number of piperidine rings is 1. The zero-order chi connectivity index (χ0) is 25.7. The summed E-state index contributed by atoms with van der Waals surface area (Å²) in [5.74, 6) is -2.53. The van der Waals surface area contributed by atoms with E-state index in [1.165, 1.54) is 27.5 Å². The van der Waals surface area contributed by atoms with Gasteiger partial charge < -0.3 is 16.0 Å². The molecule has 0 aliphatic carbocycles. The van der Waals surface area contributed by atoms with E-state index in [1.807, 2.05) is 0 Å². The Morgan fingerprint density at radius 3 is 2.72 bits per heavy atom. The van der Waals surface area contributed by atoms with Gasteiger partial charge in [0.25, 0.3) is 17.7 Å². The maximum Gasteiger partial charge on any atom is 0.277 e. The molecule has 36 heavy (non-hydrogen) atoms. The Hall–Kier alpha value is -4.88. The highest BCUT2D eigenvalue weighted by Gasteiger charge is 2.39. The van der Waals surface area contributed by atoms with Gasteiger partial charge in [0.2, 0.25) is 11.8 Å². The number of nitrogens with zero attached hydrogens (tertiary/aromatic N) is 6. The Balaban J connectivity index is 1.35. The van der Waals surface area contributed by atoms with E-state index in [2.05, 4.69) is 26.0 Å². The minimum absolute atomic E-state index is 0.0364. The maximum atomic E-state index is 13.1. The Kier molecular flexibility index (Phi) is 5.35. The SMILES string of the molecule is Cc1nn(C)c(C(N)=O)c1NC(=O)c1cn(-c2ccc3c(c2)C(=O)N(C2CCC(=O)NC2=O)C3)nn1. The molecule has 1 saturated heterocycles. The number of imide groups is 1. The molecule has 1 unspecified atom stereocenters. The van der Waals surface area contributed by atoms with E-state index >= 15 is 0 Å². The van der Waals surface area contributed by atoms with Crippen LogP contribution < -0.4 is 16.4 Å². The summed E-state index contributed by atoms with van der Waals surface area (Å²) in [5, 5.41) is 16.9. The Labute approximate surface area is 203 Å². The van der Waals surface area contributed by atoms with Crippen LogP contribution in [0.2, 0.25) is 0 Å². The number of nitrogens with two attached hydrogens (primary N) is 1. The highest BCUT2D eigenvalue weighted by Crippen LogP contribution is 2.29. The highest BCUT2D eigenvalue weighted by molar-refractivity contribution is 6.08. The van der Waals surface area contributed by atoms with Crippen molar-refractivity contribution >= 4 is 35.2 Å². The predicted molar refractivity (Wildman–Crippen MR) is 122 cm³/mol. The van der Waals surface area contributed by atoms with Gasteiger partial charge in [-0.05, 0) is 31.0 Å². The average Bonchev–Trinajstić information content (AvgIpc) is 3.50. The van der Waals surface area contributed by atoms with E-state index in [-0.39, 0.29) is 48.3 Å². The molecule has 1 aromatic carbocycles. The van der Waals surface area contributed by atoms with Crippen LogP contribution >= 0.6 is 0 Å². The standard InChI is InChI=1S/C22H21N9O5/c1-10-17(18(19(23)33)29(2)27-10)25-20(34)14-9-31(28-26-14)12-4-3-11-8-30(22(36)13(11)7-12)15-5-6-16(32)24-21(15)35/h3-4,7,9,15H,5-6,8H2,1-2H3,(H2,23,33)(H,25,34)(H,24,32,35). The number of nitrogens with one attached hydrogen (secondary N) is 2. The van der Waals surface area contributed by atoms with Crippen molar-refractivity contribution < 1.29 is 24.0 Å². The van der Waals surface area contributed by atoms with Crippen LogP contribution in [0.15, 0.2) is 24.4 Å². The molecule has 0 spiro atoms. The average molecular weight is 491 g/mol. The number of rotatable bonds is 5. The fourth-order valence-electron chi connectivity index (χ4n) is 4.45. The monoisotopic (exact) mass is 491 g/mol. The Morgan fingerprint density at radius 1 is 1.22 bits per heavy atom. The number of aryl methyl sites for hydroxylation is 2. The van der Waals surface area contributed by atoms with E-state index in [1.54, 1.807) is 25.1 Å². The van der Waals surface area contributed by atoms with Crippen molar-refractivity contribution in [1.82, 2.24) is 35.0 Å². The molecule has 2 aliphatic rings. The lowest BCUT2D eigenvalue weighted by atomic mass is 10.0. The second-order valence-electron chi connectivity index (χ2n) is 8.54. The summed E-state index contributed by atoms with van der Waals surface area (Å²) in [7, 11) is 1.54. The molecule has 2 aromatic heterocycles. The molecular formula is C22H21N9O5. The molecule has 1 atom stereocenters. The molecule has 14 nitrogen and oxygen atoms in total. The lowest BCUT2D eigenvalue weighted by Gasteiger charge is -2.29. The van der Waals surface area contributed by atoms with Gasteiger partial charge in [-0.2, -0.15) is 5.10 Å². The van der Waals surface area contributed by atoms with Gasteiger partial charge in [0.1, 0.15) is 11.7 Å². The Morgan fingerprint density at radius 2 is 2.00 bits per heavy atom. The Bertz CT molecular complexity index is 1470. The van der Waals surface area contributed by atoms with Crippen molar-refractivity contribution in [3.8, 4) is 5.69 Å². The molecule has 3 aromatic rings. The fraction of sp³-hybridized carbons (Fsp3) is 0.273. The van der Waals surface area contributed by atoms with Crippen molar-refractivity contribution in [2.24, 2.45) is 12.8 Å². The van der Waals surface area contributed by atoms with Crippen LogP contribution in [0.4, 0.5) is 5.69 Å². The van der Waals surface area contributed by atoms with Gasteiger partial charge in [-0.15, -0.1) is 5.10 Å². The van der Waals surface area contributed by atoms with Crippen LogP contribution in [0.25, 0.3) is 5.69 Å². The van der Waals surface area contributed by atoms with Crippen LogP contribution in [-0.2, 0) is 23.2 Å². The molecule has 0 saturated carbocycles. The number of aromatic nitrogens is 5. The normalized spacial score (nSPS) is 17.2. The molecule has 0 bridgehead atoms. The van der Waals surface area contributed by atoms with Crippen LogP contribution in [-0.4, -0.2) is 65.3 Å². The second kappa shape index (κ2) is 8.41. The third-order valence-electron chi connectivity index (χ3n) is 6.20. The summed E-state index contributed by atoms with van der Waals surface area (Å²) in [6, 6.07) is 4.35. The first-order valence-electron chi connectivity index (χ1n) is 11.0. The molecule has 184 valence electrons. The number of hydrogen-bond acceptors (Lipinski definition) is 8. The first kappa shape index (κ1) is 22.9. The molecular weight excluding hydrogens is 470 g/mol.